The maximum absolute atomic E-state index is 12.5. The van der Waals surface area contributed by atoms with Crippen LogP contribution in [0.25, 0.3) is 0 Å². The molecule has 1 saturated carbocycles. The van der Waals surface area contributed by atoms with Gasteiger partial charge in [0.15, 0.2) is 0 Å². The molecule has 0 bridgehead atoms. The van der Waals surface area contributed by atoms with Gasteiger partial charge in [0.25, 0.3) is 5.91 Å². The van der Waals surface area contributed by atoms with Crippen LogP contribution in [0.1, 0.15) is 35.5 Å². The van der Waals surface area contributed by atoms with Crippen molar-refractivity contribution in [1.29, 1.82) is 0 Å². The summed E-state index contributed by atoms with van der Waals surface area (Å²) in [5.74, 6) is -0.0295. The van der Waals surface area contributed by atoms with E-state index in [4.69, 9.17) is 11.6 Å². The van der Waals surface area contributed by atoms with Crippen LogP contribution in [0.4, 0.5) is 0 Å². The number of hydrogen-bond acceptors (Lipinski definition) is 5. The van der Waals surface area contributed by atoms with Gasteiger partial charge in [-0.1, -0.05) is 24.2 Å². The Balaban J connectivity index is 2.09. The summed E-state index contributed by atoms with van der Waals surface area (Å²) < 4.78 is 0.322. The molecular formula is C12H19ClN4OS. The molecule has 0 radical (unpaired) electrons. The van der Waals surface area contributed by atoms with Crippen LogP contribution in [0.3, 0.4) is 0 Å². The van der Waals surface area contributed by atoms with E-state index in [0.29, 0.717) is 15.5 Å². The Bertz CT molecular complexity index is 431. The molecule has 1 heterocycles. The fourth-order valence-electron chi connectivity index (χ4n) is 2.39. The second kappa shape index (κ2) is 6.63. The standard InChI is InChI=1S/C12H19ClN4OS/c1-16(2)7-8-17(9-5-3-4-6-9)11(18)10-14-15-12(13)19-10/h9H,3-8H2,1-2H3. The maximum Gasteiger partial charge on any atom is 0.285 e. The van der Waals surface area contributed by atoms with Crippen LogP contribution in [0, 0.1) is 0 Å². The van der Waals surface area contributed by atoms with Crippen molar-refractivity contribution < 1.29 is 4.79 Å². The zero-order chi connectivity index (χ0) is 13.8. The third-order valence-electron chi connectivity index (χ3n) is 3.40. The first-order chi connectivity index (χ1) is 9.08. The quantitative estimate of drug-likeness (QED) is 0.836. The van der Waals surface area contributed by atoms with E-state index in [2.05, 4.69) is 15.1 Å². The van der Waals surface area contributed by atoms with Crippen LogP contribution in [0.2, 0.25) is 4.47 Å². The number of rotatable bonds is 5. The molecule has 1 amide bonds. The predicted octanol–water partition coefficient (Wildman–Crippen LogP) is 2.14. The summed E-state index contributed by atoms with van der Waals surface area (Å²) in [6.07, 6.45) is 4.58. The van der Waals surface area contributed by atoms with E-state index in [-0.39, 0.29) is 5.91 Å². The van der Waals surface area contributed by atoms with Gasteiger partial charge in [-0.2, -0.15) is 0 Å². The molecule has 2 rings (SSSR count). The van der Waals surface area contributed by atoms with E-state index in [1.165, 1.54) is 12.8 Å². The molecule has 106 valence electrons. The molecule has 7 heteroatoms. The van der Waals surface area contributed by atoms with Gasteiger partial charge in [0, 0.05) is 19.1 Å². The molecule has 0 unspecified atom stereocenters. The van der Waals surface area contributed by atoms with Gasteiger partial charge in [-0.05, 0) is 38.5 Å². The Hall–Kier alpha value is -0.720. The normalized spacial score (nSPS) is 16.2. The predicted molar refractivity (Wildman–Crippen MR) is 76.8 cm³/mol. The first-order valence-electron chi connectivity index (χ1n) is 6.52. The SMILES string of the molecule is CN(C)CCN(C(=O)c1nnc(Cl)s1)C1CCCC1. The van der Waals surface area contributed by atoms with Gasteiger partial charge < -0.3 is 9.80 Å². The summed E-state index contributed by atoms with van der Waals surface area (Å²) >= 11 is 6.92. The van der Waals surface area contributed by atoms with E-state index in [1.807, 2.05) is 19.0 Å². The molecule has 0 saturated heterocycles. The minimum atomic E-state index is -0.0295. The van der Waals surface area contributed by atoms with Crippen LogP contribution in [-0.4, -0.2) is 59.1 Å². The zero-order valence-electron chi connectivity index (χ0n) is 11.3. The smallest absolute Gasteiger partial charge is 0.285 e. The van der Waals surface area contributed by atoms with Gasteiger partial charge in [0.2, 0.25) is 9.47 Å². The molecular weight excluding hydrogens is 284 g/mol. The Kier molecular flexibility index (Phi) is 5.13. The van der Waals surface area contributed by atoms with Crippen molar-refractivity contribution in [2.45, 2.75) is 31.7 Å². The second-order valence-corrected chi connectivity index (χ2v) is 6.66. The lowest BCUT2D eigenvalue weighted by molar-refractivity contribution is 0.0666. The Morgan fingerprint density at radius 2 is 2.00 bits per heavy atom. The van der Waals surface area contributed by atoms with E-state index in [9.17, 15) is 4.79 Å². The van der Waals surface area contributed by atoms with Crippen LogP contribution in [-0.2, 0) is 0 Å². The van der Waals surface area contributed by atoms with Crippen molar-refractivity contribution in [3.63, 3.8) is 0 Å². The van der Waals surface area contributed by atoms with Crippen molar-refractivity contribution in [2.24, 2.45) is 0 Å². The second-order valence-electron chi connectivity index (χ2n) is 5.10. The third-order valence-corrected chi connectivity index (χ3v) is 4.40. The topological polar surface area (TPSA) is 49.3 Å². The van der Waals surface area contributed by atoms with Gasteiger partial charge >= 0.3 is 0 Å². The minimum absolute atomic E-state index is 0.0295. The van der Waals surface area contributed by atoms with Gasteiger partial charge in [-0.15, -0.1) is 10.2 Å². The Morgan fingerprint density at radius 3 is 2.53 bits per heavy atom. The number of carbonyl (C=O) groups excluding carboxylic acids is 1. The molecule has 1 aliphatic carbocycles. The molecule has 19 heavy (non-hydrogen) atoms. The Morgan fingerprint density at radius 1 is 1.32 bits per heavy atom. The average Bonchev–Trinajstić information content (AvgIpc) is 3.00. The summed E-state index contributed by atoms with van der Waals surface area (Å²) in [5, 5.41) is 7.98. The number of nitrogens with zero attached hydrogens (tertiary/aromatic N) is 4. The van der Waals surface area contributed by atoms with Crippen molar-refractivity contribution in [3.05, 3.63) is 9.47 Å². The summed E-state index contributed by atoms with van der Waals surface area (Å²) in [7, 11) is 4.03. The molecule has 0 N–H and O–H groups in total. The summed E-state index contributed by atoms with van der Waals surface area (Å²) in [5.41, 5.74) is 0. The number of carbonyl (C=O) groups is 1. The van der Waals surface area contributed by atoms with E-state index in [0.717, 1.165) is 37.3 Å². The van der Waals surface area contributed by atoms with Gasteiger partial charge in [0.05, 0.1) is 0 Å². The van der Waals surface area contributed by atoms with Crippen LogP contribution in [0.15, 0.2) is 0 Å². The molecule has 0 spiro atoms. The number of likely N-dealkylation sites (N-methyl/N-ethyl adjacent to an activating group) is 1. The molecule has 0 atom stereocenters. The van der Waals surface area contributed by atoms with Crippen molar-refractivity contribution in [3.8, 4) is 0 Å². The first kappa shape index (κ1) is 14.7. The van der Waals surface area contributed by atoms with Gasteiger partial charge in [0.1, 0.15) is 0 Å². The lowest BCUT2D eigenvalue weighted by atomic mass is 10.2. The van der Waals surface area contributed by atoms with Crippen LogP contribution < -0.4 is 0 Å². The largest absolute Gasteiger partial charge is 0.332 e. The monoisotopic (exact) mass is 302 g/mol. The van der Waals surface area contributed by atoms with Crippen LogP contribution in [0.5, 0.6) is 0 Å². The highest BCUT2D eigenvalue weighted by Gasteiger charge is 2.29. The highest BCUT2D eigenvalue weighted by molar-refractivity contribution is 7.17. The lowest BCUT2D eigenvalue weighted by Gasteiger charge is -2.29. The summed E-state index contributed by atoms with van der Waals surface area (Å²) in [6.45, 7) is 1.59. The third kappa shape index (κ3) is 3.87. The highest BCUT2D eigenvalue weighted by Crippen LogP contribution is 2.26. The number of hydrogen-bond donors (Lipinski definition) is 0. The van der Waals surface area contributed by atoms with Crippen LogP contribution >= 0.6 is 22.9 Å². The maximum atomic E-state index is 12.5. The molecule has 0 aromatic carbocycles. The van der Waals surface area contributed by atoms with Gasteiger partial charge in [-0.25, -0.2) is 0 Å². The lowest BCUT2D eigenvalue weighted by Crippen LogP contribution is -2.42. The highest BCUT2D eigenvalue weighted by atomic mass is 35.5. The minimum Gasteiger partial charge on any atom is -0.332 e. The fourth-order valence-corrected chi connectivity index (χ4v) is 3.17. The van der Waals surface area contributed by atoms with E-state index in [1.54, 1.807) is 0 Å². The molecule has 1 aromatic rings. The van der Waals surface area contributed by atoms with Crippen molar-refractivity contribution in [2.75, 3.05) is 27.2 Å². The number of halogens is 1. The molecule has 1 aromatic heterocycles. The molecule has 5 nitrogen and oxygen atoms in total. The fraction of sp³-hybridized carbons (Fsp3) is 0.750. The van der Waals surface area contributed by atoms with E-state index < -0.39 is 0 Å². The first-order valence-corrected chi connectivity index (χ1v) is 7.72. The van der Waals surface area contributed by atoms with E-state index >= 15 is 0 Å². The summed E-state index contributed by atoms with van der Waals surface area (Å²) in [4.78, 5) is 16.5. The Labute approximate surface area is 122 Å². The van der Waals surface area contributed by atoms with Crippen molar-refractivity contribution in [1.82, 2.24) is 20.0 Å². The summed E-state index contributed by atoms with van der Waals surface area (Å²) in [6, 6.07) is 0.343. The number of aromatic nitrogens is 2. The molecule has 1 fully saturated rings. The zero-order valence-corrected chi connectivity index (χ0v) is 12.9. The van der Waals surface area contributed by atoms with Crippen molar-refractivity contribution >= 4 is 28.8 Å². The number of amides is 1. The molecule has 1 aliphatic rings. The average molecular weight is 303 g/mol. The molecule has 0 aliphatic heterocycles. The van der Waals surface area contributed by atoms with Gasteiger partial charge in [-0.3, -0.25) is 4.79 Å².